The van der Waals surface area contributed by atoms with Gasteiger partial charge in [-0.15, -0.1) is 0 Å². The monoisotopic (exact) mass is 316 g/mol. The Morgan fingerprint density at radius 2 is 2.13 bits per heavy atom. The summed E-state index contributed by atoms with van der Waals surface area (Å²) in [5.41, 5.74) is 1.41. The van der Waals surface area contributed by atoms with Gasteiger partial charge in [-0.3, -0.25) is 4.90 Å². The minimum absolute atomic E-state index is 0.206. The molecule has 0 N–H and O–H groups in total. The Morgan fingerprint density at radius 1 is 1.35 bits per heavy atom. The number of methoxy groups -OCH3 is 1. The fourth-order valence-electron chi connectivity index (χ4n) is 3.10. The molecule has 6 heteroatoms. The number of ether oxygens (including phenoxy) is 2. The number of likely N-dealkylation sites (tertiary alicyclic amines) is 1. The molecule has 122 valence electrons. The topological polar surface area (TPSA) is 64.8 Å². The zero-order chi connectivity index (χ0) is 16.2. The number of hydrogen-bond donors (Lipinski definition) is 0. The van der Waals surface area contributed by atoms with E-state index < -0.39 is 5.97 Å². The molecule has 3 rings (SSSR count). The summed E-state index contributed by atoms with van der Waals surface area (Å²) in [7, 11) is 3.75. The minimum atomic E-state index is -0.443. The molecule has 2 aromatic rings. The van der Waals surface area contributed by atoms with Gasteiger partial charge in [0, 0.05) is 18.0 Å². The third-order valence-electron chi connectivity index (χ3n) is 4.31. The van der Waals surface area contributed by atoms with Crippen molar-refractivity contribution >= 4 is 5.97 Å². The molecule has 1 saturated heterocycles. The van der Waals surface area contributed by atoms with E-state index in [-0.39, 0.29) is 17.7 Å². The van der Waals surface area contributed by atoms with Crippen molar-refractivity contribution in [2.75, 3.05) is 27.3 Å². The number of rotatable bonds is 5. The van der Waals surface area contributed by atoms with Crippen LogP contribution in [0.4, 0.5) is 0 Å². The molecule has 0 saturated carbocycles. The molecule has 2 atom stereocenters. The first-order valence-electron chi connectivity index (χ1n) is 7.60. The standard InChI is InChI=1S/C17H20N2O4/c1-19-9-7-13(11-22-17(20)15-8-10-23-18-15)16(19)12-3-5-14(21-2)6-4-12/h3-6,8,10,13,16H,7,9,11H2,1-2H3/t13-,16-/m1/s1. The number of carbonyl (C=O) groups is 1. The summed E-state index contributed by atoms with van der Waals surface area (Å²) in [5.74, 6) is 0.648. The molecular formula is C17H20N2O4. The number of benzene rings is 1. The second-order valence-electron chi connectivity index (χ2n) is 5.73. The van der Waals surface area contributed by atoms with Crippen LogP contribution in [0.15, 0.2) is 41.1 Å². The van der Waals surface area contributed by atoms with Gasteiger partial charge in [-0.2, -0.15) is 0 Å². The van der Waals surface area contributed by atoms with E-state index in [4.69, 9.17) is 9.47 Å². The van der Waals surface area contributed by atoms with Gasteiger partial charge in [-0.1, -0.05) is 17.3 Å². The smallest absolute Gasteiger partial charge is 0.360 e. The maximum atomic E-state index is 11.9. The van der Waals surface area contributed by atoms with Gasteiger partial charge in [0.15, 0.2) is 5.69 Å². The number of carbonyl (C=O) groups excluding carboxylic acids is 1. The summed E-state index contributed by atoms with van der Waals surface area (Å²) in [6.07, 6.45) is 2.35. The van der Waals surface area contributed by atoms with E-state index in [1.807, 2.05) is 12.1 Å². The second kappa shape index (κ2) is 6.83. The zero-order valence-corrected chi connectivity index (χ0v) is 13.3. The maximum absolute atomic E-state index is 11.9. The highest BCUT2D eigenvalue weighted by atomic mass is 16.5. The Bertz CT molecular complexity index is 639. The van der Waals surface area contributed by atoms with Crippen LogP contribution in [0.1, 0.15) is 28.5 Å². The molecular weight excluding hydrogens is 296 g/mol. The third-order valence-corrected chi connectivity index (χ3v) is 4.31. The Kier molecular flexibility index (Phi) is 4.62. The van der Waals surface area contributed by atoms with E-state index in [2.05, 4.69) is 33.8 Å². The normalized spacial score (nSPS) is 21.3. The van der Waals surface area contributed by atoms with Crippen LogP contribution in [0.3, 0.4) is 0 Å². The molecule has 0 unspecified atom stereocenters. The van der Waals surface area contributed by atoms with E-state index >= 15 is 0 Å². The zero-order valence-electron chi connectivity index (χ0n) is 13.3. The molecule has 1 aliphatic rings. The number of hydrogen-bond acceptors (Lipinski definition) is 6. The number of esters is 1. The first-order chi connectivity index (χ1) is 11.2. The van der Waals surface area contributed by atoms with Crippen molar-refractivity contribution in [2.24, 2.45) is 5.92 Å². The predicted molar refractivity (Wildman–Crippen MR) is 83.3 cm³/mol. The molecule has 2 heterocycles. The van der Waals surface area contributed by atoms with Crippen molar-refractivity contribution in [3.63, 3.8) is 0 Å². The molecule has 0 amide bonds. The van der Waals surface area contributed by atoms with E-state index in [0.29, 0.717) is 6.61 Å². The molecule has 1 aliphatic heterocycles. The lowest BCUT2D eigenvalue weighted by Gasteiger charge is -2.25. The van der Waals surface area contributed by atoms with E-state index in [0.717, 1.165) is 18.7 Å². The largest absolute Gasteiger partial charge is 0.497 e. The maximum Gasteiger partial charge on any atom is 0.360 e. The quantitative estimate of drug-likeness (QED) is 0.790. The van der Waals surface area contributed by atoms with Crippen LogP contribution < -0.4 is 4.74 Å². The summed E-state index contributed by atoms with van der Waals surface area (Å²) in [6.45, 7) is 1.34. The molecule has 0 aliphatic carbocycles. The Hall–Kier alpha value is -2.34. The van der Waals surface area contributed by atoms with Crippen molar-refractivity contribution in [3.8, 4) is 5.75 Å². The average Bonchev–Trinajstić information content (AvgIpc) is 3.23. The minimum Gasteiger partial charge on any atom is -0.497 e. The summed E-state index contributed by atoms with van der Waals surface area (Å²) in [4.78, 5) is 14.2. The molecule has 1 aromatic carbocycles. The van der Waals surface area contributed by atoms with Gasteiger partial charge in [0.25, 0.3) is 0 Å². The van der Waals surface area contributed by atoms with Crippen LogP contribution in [-0.4, -0.2) is 43.3 Å². The van der Waals surface area contributed by atoms with Gasteiger partial charge in [-0.25, -0.2) is 4.79 Å². The molecule has 23 heavy (non-hydrogen) atoms. The molecule has 6 nitrogen and oxygen atoms in total. The summed E-state index contributed by atoms with van der Waals surface area (Å²) < 4.78 is 15.3. The predicted octanol–water partition coefficient (Wildman–Crippen LogP) is 2.53. The molecule has 1 fully saturated rings. The Morgan fingerprint density at radius 3 is 2.78 bits per heavy atom. The van der Waals surface area contributed by atoms with Crippen molar-refractivity contribution < 1.29 is 18.8 Å². The first-order valence-corrected chi connectivity index (χ1v) is 7.60. The van der Waals surface area contributed by atoms with Crippen molar-refractivity contribution in [1.82, 2.24) is 10.1 Å². The highest BCUT2D eigenvalue weighted by Crippen LogP contribution is 2.36. The lowest BCUT2D eigenvalue weighted by Crippen LogP contribution is -2.24. The fourth-order valence-corrected chi connectivity index (χ4v) is 3.10. The molecule has 0 radical (unpaired) electrons. The summed E-state index contributed by atoms with van der Waals surface area (Å²) >= 11 is 0. The van der Waals surface area contributed by atoms with Crippen LogP contribution in [0.2, 0.25) is 0 Å². The van der Waals surface area contributed by atoms with Crippen molar-refractivity contribution in [1.29, 1.82) is 0 Å². The van der Waals surface area contributed by atoms with Gasteiger partial charge in [0.1, 0.15) is 12.0 Å². The number of nitrogens with zero attached hydrogens (tertiary/aromatic N) is 2. The number of aromatic nitrogens is 1. The van der Waals surface area contributed by atoms with Crippen LogP contribution in [0, 0.1) is 5.92 Å². The van der Waals surface area contributed by atoms with Gasteiger partial charge in [0.2, 0.25) is 0 Å². The van der Waals surface area contributed by atoms with E-state index in [9.17, 15) is 4.79 Å². The highest BCUT2D eigenvalue weighted by molar-refractivity contribution is 5.86. The second-order valence-corrected chi connectivity index (χ2v) is 5.73. The lowest BCUT2D eigenvalue weighted by molar-refractivity contribution is 0.0401. The van der Waals surface area contributed by atoms with Crippen LogP contribution in [-0.2, 0) is 4.74 Å². The van der Waals surface area contributed by atoms with Gasteiger partial charge in [0.05, 0.1) is 13.7 Å². The first kappa shape index (κ1) is 15.6. The van der Waals surface area contributed by atoms with Crippen molar-refractivity contribution in [2.45, 2.75) is 12.5 Å². The van der Waals surface area contributed by atoms with Crippen LogP contribution >= 0.6 is 0 Å². The summed E-state index contributed by atoms with van der Waals surface area (Å²) in [5, 5.41) is 3.60. The van der Waals surface area contributed by atoms with Crippen LogP contribution in [0.5, 0.6) is 5.75 Å². The van der Waals surface area contributed by atoms with Crippen LogP contribution in [0.25, 0.3) is 0 Å². The fraction of sp³-hybridized carbons (Fsp3) is 0.412. The third kappa shape index (κ3) is 3.37. The highest BCUT2D eigenvalue weighted by Gasteiger charge is 2.34. The SMILES string of the molecule is COc1ccc([C@@H]2[C@@H](COC(=O)c3ccon3)CCN2C)cc1. The Balaban J connectivity index is 1.67. The lowest BCUT2D eigenvalue weighted by atomic mass is 9.94. The van der Waals surface area contributed by atoms with E-state index in [1.165, 1.54) is 17.9 Å². The Labute approximate surface area is 135 Å². The van der Waals surface area contributed by atoms with Gasteiger partial charge in [-0.05, 0) is 37.7 Å². The van der Waals surface area contributed by atoms with Crippen molar-refractivity contribution in [3.05, 3.63) is 47.9 Å². The van der Waals surface area contributed by atoms with Gasteiger partial charge >= 0.3 is 5.97 Å². The average molecular weight is 316 g/mol. The molecule has 0 bridgehead atoms. The summed E-state index contributed by atoms with van der Waals surface area (Å²) in [6, 6.07) is 9.78. The van der Waals surface area contributed by atoms with E-state index in [1.54, 1.807) is 7.11 Å². The molecule has 0 spiro atoms. The van der Waals surface area contributed by atoms with Gasteiger partial charge < -0.3 is 14.0 Å². The molecule has 1 aromatic heterocycles.